The van der Waals surface area contributed by atoms with Gasteiger partial charge in [-0.3, -0.25) is 4.79 Å². The summed E-state index contributed by atoms with van der Waals surface area (Å²) in [6.45, 7) is 4.17. The molecule has 1 N–H and O–H groups in total. The van der Waals surface area contributed by atoms with E-state index in [0.717, 1.165) is 17.0 Å². The van der Waals surface area contributed by atoms with Gasteiger partial charge < -0.3 is 14.9 Å². The Hall–Kier alpha value is -2.15. The summed E-state index contributed by atoms with van der Waals surface area (Å²) >= 11 is 0. The number of aromatic nitrogens is 3. The number of piperazine rings is 1. The van der Waals surface area contributed by atoms with Gasteiger partial charge in [-0.2, -0.15) is 5.10 Å². The molecule has 3 rings (SSSR count). The van der Waals surface area contributed by atoms with Crippen LogP contribution in [0.15, 0.2) is 18.5 Å². The van der Waals surface area contributed by atoms with Gasteiger partial charge in [-0.15, -0.1) is 0 Å². The van der Waals surface area contributed by atoms with Crippen LogP contribution in [0.25, 0.3) is 5.52 Å². The minimum absolute atomic E-state index is 0.212. The largest absolute Gasteiger partial charge is 0.387 e. The lowest BCUT2D eigenvalue weighted by Gasteiger charge is -2.35. The number of aryl methyl sites for hydroxylation is 1. The molecule has 0 radical (unpaired) electrons. The second-order valence-electron chi connectivity index (χ2n) is 4.89. The summed E-state index contributed by atoms with van der Waals surface area (Å²) in [5.41, 5.74) is 1.93. The normalized spacial score (nSPS) is 15.9. The molecule has 1 fully saturated rings. The predicted octanol–water partition coefficient (Wildman–Crippen LogP) is -0.321. The summed E-state index contributed by atoms with van der Waals surface area (Å²) in [6, 6.07) is 2.01. The quantitative estimate of drug-likeness (QED) is 0.813. The van der Waals surface area contributed by atoms with Gasteiger partial charge in [-0.05, 0) is 13.0 Å². The van der Waals surface area contributed by atoms with E-state index in [1.165, 1.54) is 0 Å². The first-order valence-corrected chi connectivity index (χ1v) is 6.63. The van der Waals surface area contributed by atoms with E-state index in [2.05, 4.69) is 15.0 Å². The number of rotatable bonds is 2. The van der Waals surface area contributed by atoms with Gasteiger partial charge >= 0.3 is 0 Å². The van der Waals surface area contributed by atoms with Crippen LogP contribution in [0.4, 0.5) is 5.82 Å². The van der Waals surface area contributed by atoms with E-state index in [0.29, 0.717) is 26.2 Å². The summed E-state index contributed by atoms with van der Waals surface area (Å²) in [4.78, 5) is 19.7. The Labute approximate surface area is 116 Å². The minimum atomic E-state index is -0.421. The van der Waals surface area contributed by atoms with E-state index in [9.17, 15) is 4.79 Å². The third-order valence-electron chi connectivity index (χ3n) is 3.56. The van der Waals surface area contributed by atoms with Gasteiger partial charge in [0.15, 0.2) is 5.82 Å². The van der Waals surface area contributed by atoms with Crippen molar-refractivity contribution < 1.29 is 9.90 Å². The molecule has 0 saturated carbocycles. The minimum Gasteiger partial charge on any atom is -0.387 e. The van der Waals surface area contributed by atoms with Crippen molar-refractivity contribution in [3.63, 3.8) is 0 Å². The second-order valence-corrected chi connectivity index (χ2v) is 4.89. The van der Waals surface area contributed by atoms with E-state index < -0.39 is 6.61 Å². The fourth-order valence-electron chi connectivity index (χ4n) is 2.54. The van der Waals surface area contributed by atoms with Gasteiger partial charge in [0.1, 0.15) is 12.1 Å². The van der Waals surface area contributed by atoms with E-state index in [1.807, 2.05) is 23.7 Å². The van der Waals surface area contributed by atoms with Gasteiger partial charge in [0.2, 0.25) is 5.91 Å². The molecule has 20 heavy (non-hydrogen) atoms. The molecule has 2 aromatic heterocycles. The maximum atomic E-state index is 11.5. The van der Waals surface area contributed by atoms with Crippen molar-refractivity contribution in [3.05, 3.63) is 24.2 Å². The van der Waals surface area contributed by atoms with Crippen LogP contribution in [0.1, 0.15) is 5.69 Å². The molecule has 0 spiro atoms. The van der Waals surface area contributed by atoms with Crippen LogP contribution in [-0.4, -0.2) is 63.3 Å². The Kier molecular flexibility index (Phi) is 3.27. The zero-order chi connectivity index (χ0) is 14.1. The number of hydrogen-bond acceptors (Lipinski definition) is 5. The summed E-state index contributed by atoms with van der Waals surface area (Å²) in [5.74, 6) is 0.681. The molecule has 7 heteroatoms. The van der Waals surface area contributed by atoms with E-state index >= 15 is 0 Å². The van der Waals surface area contributed by atoms with Crippen molar-refractivity contribution in [2.45, 2.75) is 6.92 Å². The molecule has 7 nitrogen and oxygen atoms in total. The number of aliphatic hydroxyl groups excluding tert-OH is 1. The molecule has 0 bridgehead atoms. The lowest BCUT2D eigenvalue weighted by molar-refractivity contribution is -0.134. The zero-order valence-electron chi connectivity index (χ0n) is 11.4. The van der Waals surface area contributed by atoms with Crippen LogP contribution >= 0.6 is 0 Å². The van der Waals surface area contributed by atoms with Gasteiger partial charge in [0.05, 0.1) is 5.69 Å². The maximum Gasteiger partial charge on any atom is 0.248 e. The maximum absolute atomic E-state index is 11.5. The highest BCUT2D eigenvalue weighted by Gasteiger charge is 2.22. The molecule has 106 valence electrons. The number of hydrogen-bond donors (Lipinski definition) is 1. The molecule has 3 heterocycles. The number of carbonyl (C=O) groups is 1. The van der Waals surface area contributed by atoms with Crippen molar-refractivity contribution in [2.24, 2.45) is 0 Å². The third kappa shape index (κ3) is 2.20. The van der Waals surface area contributed by atoms with Crippen molar-refractivity contribution in [1.29, 1.82) is 0 Å². The first kappa shape index (κ1) is 12.9. The van der Waals surface area contributed by atoms with Crippen molar-refractivity contribution >= 4 is 17.2 Å². The SMILES string of the molecule is Cc1cc2c(N3CCN(C(=O)CO)CC3)nccn2n1. The predicted molar refractivity (Wildman–Crippen MR) is 73.6 cm³/mol. The van der Waals surface area contributed by atoms with E-state index in [1.54, 1.807) is 11.1 Å². The van der Waals surface area contributed by atoms with Crippen LogP contribution in [0, 0.1) is 6.92 Å². The molecule has 2 aromatic rings. The number of anilines is 1. The van der Waals surface area contributed by atoms with Crippen LogP contribution in [0.2, 0.25) is 0 Å². The summed E-state index contributed by atoms with van der Waals surface area (Å²) in [5, 5.41) is 13.3. The smallest absolute Gasteiger partial charge is 0.248 e. The molecule has 0 atom stereocenters. The molecule has 1 saturated heterocycles. The molecule has 1 amide bonds. The number of aliphatic hydroxyl groups is 1. The van der Waals surface area contributed by atoms with Gasteiger partial charge in [0.25, 0.3) is 0 Å². The molecular formula is C13H17N5O2. The highest BCUT2D eigenvalue weighted by Crippen LogP contribution is 2.20. The molecular weight excluding hydrogens is 258 g/mol. The van der Waals surface area contributed by atoms with E-state index in [4.69, 9.17) is 5.11 Å². The Balaban J connectivity index is 1.81. The Morgan fingerprint density at radius 1 is 1.35 bits per heavy atom. The van der Waals surface area contributed by atoms with E-state index in [-0.39, 0.29) is 5.91 Å². The summed E-state index contributed by atoms with van der Waals surface area (Å²) in [6.07, 6.45) is 3.57. The third-order valence-corrected chi connectivity index (χ3v) is 3.56. The number of nitrogens with zero attached hydrogens (tertiary/aromatic N) is 5. The molecule has 0 aromatic carbocycles. The fraction of sp³-hybridized carbons (Fsp3) is 0.462. The van der Waals surface area contributed by atoms with Crippen LogP contribution in [0.3, 0.4) is 0 Å². The fourth-order valence-corrected chi connectivity index (χ4v) is 2.54. The highest BCUT2D eigenvalue weighted by molar-refractivity contribution is 5.77. The molecule has 1 aliphatic heterocycles. The summed E-state index contributed by atoms with van der Waals surface area (Å²) in [7, 11) is 0. The molecule has 0 aliphatic carbocycles. The number of amides is 1. The summed E-state index contributed by atoms with van der Waals surface area (Å²) < 4.78 is 1.82. The average Bonchev–Trinajstić information content (AvgIpc) is 2.86. The Morgan fingerprint density at radius 3 is 2.80 bits per heavy atom. The van der Waals surface area contributed by atoms with Crippen molar-refractivity contribution in [3.8, 4) is 0 Å². The second kappa shape index (κ2) is 5.09. The lowest BCUT2D eigenvalue weighted by atomic mass is 10.3. The number of carbonyl (C=O) groups excluding carboxylic acids is 1. The van der Waals surface area contributed by atoms with Gasteiger partial charge in [-0.1, -0.05) is 0 Å². The molecule has 1 aliphatic rings. The average molecular weight is 275 g/mol. The Bertz CT molecular complexity index is 631. The lowest BCUT2D eigenvalue weighted by Crippen LogP contribution is -2.49. The van der Waals surface area contributed by atoms with Gasteiger partial charge in [0, 0.05) is 38.6 Å². The monoisotopic (exact) mass is 275 g/mol. The zero-order valence-corrected chi connectivity index (χ0v) is 11.4. The Morgan fingerprint density at radius 2 is 2.10 bits per heavy atom. The highest BCUT2D eigenvalue weighted by atomic mass is 16.3. The standard InChI is InChI=1S/C13H17N5O2/c1-10-8-11-13(14-2-3-18(11)15-10)17-6-4-16(5-7-17)12(20)9-19/h2-3,8,19H,4-7,9H2,1H3. The first-order chi connectivity index (χ1) is 9.69. The first-order valence-electron chi connectivity index (χ1n) is 6.63. The van der Waals surface area contributed by atoms with Crippen molar-refractivity contribution in [2.75, 3.05) is 37.7 Å². The molecule has 0 unspecified atom stereocenters. The van der Waals surface area contributed by atoms with Crippen LogP contribution < -0.4 is 4.90 Å². The van der Waals surface area contributed by atoms with Crippen molar-refractivity contribution in [1.82, 2.24) is 19.5 Å². The van der Waals surface area contributed by atoms with Crippen LogP contribution in [0.5, 0.6) is 0 Å². The number of fused-ring (bicyclic) bond motifs is 1. The van der Waals surface area contributed by atoms with Crippen LogP contribution in [-0.2, 0) is 4.79 Å². The van der Waals surface area contributed by atoms with Gasteiger partial charge in [-0.25, -0.2) is 9.50 Å². The topological polar surface area (TPSA) is 74.0 Å².